The highest BCUT2D eigenvalue weighted by atomic mass is 16.5. The lowest BCUT2D eigenvalue weighted by molar-refractivity contribution is 0.0744. The minimum absolute atomic E-state index is 0.0445. The third kappa shape index (κ3) is 7.75. The molecule has 136 valence electrons. The second-order valence-electron chi connectivity index (χ2n) is 6.42. The van der Waals surface area contributed by atoms with Crippen LogP contribution in [-0.4, -0.2) is 86.6 Å². The van der Waals surface area contributed by atoms with Crippen LogP contribution in [-0.2, 0) is 0 Å². The van der Waals surface area contributed by atoms with Gasteiger partial charge >= 0.3 is 0 Å². The molecular weight excluding hydrogens is 304 g/mol. The van der Waals surface area contributed by atoms with Crippen molar-refractivity contribution < 1.29 is 9.53 Å². The van der Waals surface area contributed by atoms with Crippen LogP contribution < -0.4 is 4.74 Å². The van der Waals surface area contributed by atoms with Crippen LogP contribution in [0.1, 0.15) is 30.1 Å². The number of amides is 1. The molecule has 0 radical (unpaired) electrons. The molecule has 0 unspecified atom stereocenters. The van der Waals surface area contributed by atoms with Crippen LogP contribution in [0.3, 0.4) is 0 Å². The van der Waals surface area contributed by atoms with Gasteiger partial charge in [0.25, 0.3) is 5.91 Å². The molecule has 0 atom stereocenters. The Hall–Kier alpha value is -1.66. The molecule has 0 aliphatic carbocycles. The maximum absolute atomic E-state index is 12.8. The van der Waals surface area contributed by atoms with Crippen molar-refractivity contribution in [1.29, 1.82) is 0 Å². The summed E-state index contributed by atoms with van der Waals surface area (Å²) in [5, 5.41) is 0. The fraction of sp³-hybridized carbons (Fsp3) is 0.667. The average molecular weight is 336 g/mol. The van der Waals surface area contributed by atoms with Gasteiger partial charge in [0.2, 0.25) is 5.88 Å². The Kier molecular flexibility index (Phi) is 9.34. The lowest BCUT2D eigenvalue weighted by atomic mass is 10.2. The first-order valence-electron chi connectivity index (χ1n) is 8.61. The van der Waals surface area contributed by atoms with Crippen LogP contribution in [0, 0.1) is 0 Å². The number of nitrogens with zero attached hydrogens (tertiary/aromatic N) is 4. The third-order valence-corrected chi connectivity index (χ3v) is 3.63. The maximum Gasteiger partial charge on any atom is 0.255 e. The average Bonchev–Trinajstić information content (AvgIpc) is 2.53. The van der Waals surface area contributed by atoms with Gasteiger partial charge in [0, 0.05) is 25.4 Å². The first-order chi connectivity index (χ1) is 11.4. The van der Waals surface area contributed by atoms with Gasteiger partial charge in [0.15, 0.2) is 0 Å². The van der Waals surface area contributed by atoms with Gasteiger partial charge in [-0.1, -0.05) is 0 Å². The van der Waals surface area contributed by atoms with Crippen molar-refractivity contribution >= 4 is 5.91 Å². The number of pyridine rings is 1. The summed E-state index contributed by atoms with van der Waals surface area (Å²) >= 11 is 0. The van der Waals surface area contributed by atoms with Crippen molar-refractivity contribution in [2.75, 3.05) is 61.0 Å². The van der Waals surface area contributed by atoms with Gasteiger partial charge < -0.3 is 19.4 Å². The molecule has 1 rings (SSSR count). The van der Waals surface area contributed by atoms with E-state index in [2.05, 4.69) is 43.0 Å². The first kappa shape index (κ1) is 20.4. The van der Waals surface area contributed by atoms with E-state index in [9.17, 15) is 4.79 Å². The quantitative estimate of drug-likeness (QED) is 0.617. The number of hydrogen-bond donors (Lipinski definition) is 0. The molecule has 1 aromatic rings. The number of hydrogen-bond acceptors (Lipinski definition) is 5. The van der Waals surface area contributed by atoms with Crippen LogP contribution in [0.15, 0.2) is 18.3 Å². The number of rotatable bonds is 11. The Labute approximate surface area is 146 Å². The van der Waals surface area contributed by atoms with Gasteiger partial charge in [-0.05, 0) is 67.1 Å². The monoisotopic (exact) mass is 336 g/mol. The van der Waals surface area contributed by atoms with Crippen molar-refractivity contribution in [2.24, 2.45) is 0 Å². The predicted octanol–water partition coefficient (Wildman–Crippen LogP) is 1.83. The summed E-state index contributed by atoms with van der Waals surface area (Å²) in [5.74, 6) is 0.601. The Morgan fingerprint density at radius 2 is 1.58 bits per heavy atom. The van der Waals surface area contributed by atoms with Gasteiger partial charge in [-0.3, -0.25) is 4.79 Å². The van der Waals surface area contributed by atoms with E-state index in [1.165, 1.54) is 0 Å². The zero-order chi connectivity index (χ0) is 17.9. The van der Waals surface area contributed by atoms with Gasteiger partial charge in [-0.15, -0.1) is 0 Å². The molecule has 0 aromatic carbocycles. The molecular formula is C18H32N4O2. The second-order valence-corrected chi connectivity index (χ2v) is 6.42. The summed E-state index contributed by atoms with van der Waals surface area (Å²) in [7, 11) is 8.20. The highest BCUT2D eigenvalue weighted by Crippen LogP contribution is 2.11. The largest absolute Gasteiger partial charge is 0.478 e. The lowest BCUT2D eigenvalue weighted by Gasteiger charge is -2.24. The molecule has 1 aromatic heterocycles. The van der Waals surface area contributed by atoms with Crippen LogP contribution in [0.2, 0.25) is 0 Å². The first-order valence-corrected chi connectivity index (χ1v) is 8.61. The Bertz CT molecular complexity index is 460. The minimum Gasteiger partial charge on any atom is -0.478 e. The number of aromatic nitrogens is 1. The van der Waals surface area contributed by atoms with Crippen LogP contribution >= 0.6 is 0 Å². The summed E-state index contributed by atoms with van der Waals surface area (Å²) in [4.78, 5) is 23.2. The molecule has 6 nitrogen and oxygen atoms in total. The molecule has 0 saturated heterocycles. The normalized spacial score (nSPS) is 11.1. The zero-order valence-corrected chi connectivity index (χ0v) is 15.8. The molecule has 0 aliphatic heterocycles. The highest BCUT2D eigenvalue weighted by molar-refractivity contribution is 5.93. The van der Waals surface area contributed by atoms with Crippen LogP contribution in [0.5, 0.6) is 5.88 Å². The SMILES string of the molecule is CCOc1ccc(C(=O)N(CCCN(C)C)CCCN(C)C)cn1. The van der Waals surface area contributed by atoms with Gasteiger partial charge in [-0.2, -0.15) is 0 Å². The van der Waals surface area contributed by atoms with Crippen LogP contribution in [0.4, 0.5) is 0 Å². The molecule has 0 saturated carbocycles. The van der Waals surface area contributed by atoms with E-state index in [0.29, 0.717) is 18.1 Å². The van der Waals surface area contributed by atoms with Crippen molar-refractivity contribution in [3.05, 3.63) is 23.9 Å². The molecule has 24 heavy (non-hydrogen) atoms. The second kappa shape index (κ2) is 11.0. The summed E-state index contributed by atoms with van der Waals surface area (Å²) in [5.41, 5.74) is 0.619. The fourth-order valence-corrected chi connectivity index (χ4v) is 2.39. The molecule has 1 heterocycles. The summed E-state index contributed by atoms with van der Waals surface area (Å²) < 4.78 is 5.34. The van der Waals surface area contributed by atoms with E-state index in [1.807, 2.05) is 11.8 Å². The Balaban J connectivity index is 2.69. The van der Waals surface area contributed by atoms with E-state index < -0.39 is 0 Å². The molecule has 0 N–H and O–H groups in total. The predicted molar refractivity (Wildman–Crippen MR) is 97.7 cm³/mol. The third-order valence-electron chi connectivity index (χ3n) is 3.63. The van der Waals surface area contributed by atoms with Gasteiger partial charge in [-0.25, -0.2) is 4.98 Å². The van der Waals surface area contributed by atoms with E-state index in [4.69, 9.17) is 4.74 Å². The molecule has 6 heteroatoms. The maximum atomic E-state index is 12.8. The molecule has 1 amide bonds. The molecule has 0 aliphatic rings. The molecule has 0 spiro atoms. The fourth-order valence-electron chi connectivity index (χ4n) is 2.39. The topological polar surface area (TPSA) is 48.9 Å². The van der Waals surface area contributed by atoms with E-state index in [-0.39, 0.29) is 5.91 Å². The summed E-state index contributed by atoms with van der Waals surface area (Å²) in [6, 6.07) is 3.56. The standard InChI is InChI=1S/C18H32N4O2/c1-6-24-17-10-9-16(15-19-17)18(23)22(13-7-11-20(2)3)14-8-12-21(4)5/h9-10,15H,6-8,11-14H2,1-5H3. The van der Waals surface area contributed by atoms with E-state index in [1.54, 1.807) is 18.3 Å². The van der Waals surface area contributed by atoms with Gasteiger partial charge in [0.1, 0.15) is 0 Å². The molecule has 0 fully saturated rings. The summed E-state index contributed by atoms with van der Waals surface area (Å²) in [6.07, 6.45) is 3.54. The van der Waals surface area contributed by atoms with Crippen molar-refractivity contribution in [1.82, 2.24) is 19.7 Å². The highest BCUT2D eigenvalue weighted by Gasteiger charge is 2.16. The van der Waals surface area contributed by atoms with Crippen molar-refractivity contribution in [3.8, 4) is 5.88 Å². The smallest absolute Gasteiger partial charge is 0.255 e. The number of carbonyl (C=O) groups excluding carboxylic acids is 1. The van der Waals surface area contributed by atoms with Crippen molar-refractivity contribution in [3.63, 3.8) is 0 Å². The number of carbonyl (C=O) groups is 1. The van der Waals surface area contributed by atoms with E-state index >= 15 is 0 Å². The van der Waals surface area contributed by atoms with Crippen molar-refractivity contribution in [2.45, 2.75) is 19.8 Å². The Morgan fingerprint density at radius 1 is 1.00 bits per heavy atom. The van der Waals surface area contributed by atoms with E-state index in [0.717, 1.165) is 39.0 Å². The Morgan fingerprint density at radius 3 is 2.00 bits per heavy atom. The summed E-state index contributed by atoms with van der Waals surface area (Å²) in [6.45, 7) is 5.95. The zero-order valence-electron chi connectivity index (χ0n) is 15.8. The minimum atomic E-state index is 0.0445. The van der Waals surface area contributed by atoms with Gasteiger partial charge in [0.05, 0.1) is 12.2 Å². The van der Waals surface area contributed by atoms with Crippen LogP contribution in [0.25, 0.3) is 0 Å². The lowest BCUT2D eigenvalue weighted by Crippen LogP contribution is -2.35. The molecule has 0 bridgehead atoms. The number of ether oxygens (including phenoxy) is 1.